The normalized spacial score (nSPS) is 19.4. The molecule has 1 saturated carbocycles. The Morgan fingerprint density at radius 1 is 1.80 bits per heavy atom. The van der Waals surface area contributed by atoms with E-state index in [1.165, 1.54) is 7.11 Å². The summed E-state index contributed by atoms with van der Waals surface area (Å²) in [6, 6.07) is 0. The van der Waals surface area contributed by atoms with E-state index in [0.29, 0.717) is 0 Å². The molecule has 0 radical (unpaired) electrons. The molecule has 0 saturated heterocycles. The number of nitrogens with one attached hydrogen (secondary N) is 1. The zero-order valence-electron chi connectivity index (χ0n) is 5.61. The molecule has 1 N–H and O–H groups in total. The topological polar surface area (TPSA) is 38.3 Å². The third kappa shape index (κ3) is 1.03. The maximum atomic E-state index is 10.2. The lowest BCUT2D eigenvalue weighted by Crippen LogP contribution is -2.26. The number of carbonyl (C=O) groups excluding carboxylic acids is 1. The molecule has 0 aromatic rings. The van der Waals surface area contributed by atoms with Crippen LogP contribution in [0.2, 0.25) is 0 Å². The fourth-order valence-corrected chi connectivity index (χ4v) is 1.10. The molecule has 1 rings (SSSR count). The van der Waals surface area contributed by atoms with E-state index in [-0.39, 0.29) is 5.76 Å². The number of hydrogen-bond acceptors (Lipinski definition) is 3. The van der Waals surface area contributed by atoms with Crippen molar-refractivity contribution in [3.63, 3.8) is 0 Å². The van der Waals surface area contributed by atoms with Crippen molar-refractivity contribution in [2.75, 3.05) is 7.11 Å². The number of ether oxygens (including phenoxy) is 1. The molecule has 0 spiro atoms. The smallest absolute Gasteiger partial charge is 0.200 e. The lowest BCUT2D eigenvalue weighted by atomic mass is 10.2. The van der Waals surface area contributed by atoms with Gasteiger partial charge in [-0.15, -0.1) is 0 Å². The predicted octanol–water partition coefficient (Wildman–Crippen LogP) is 0.624. The van der Waals surface area contributed by atoms with Crippen LogP contribution in [-0.4, -0.2) is 18.6 Å². The van der Waals surface area contributed by atoms with Crippen molar-refractivity contribution in [1.29, 1.82) is 0 Å². The Kier molecular flexibility index (Phi) is 2.00. The highest BCUT2D eigenvalue weighted by molar-refractivity contribution is 6.14. The monoisotopic (exact) mass is 161 g/mol. The molecule has 4 heteroatoms. The number of methoxy groups -OCH3 is 1. The number of rotatable bonds is 3. The molecule has 3 nitrogen and oxygen atoms in total. The van der Waals surface area contributed by atoms with Gasteiger partial charge in [-0.2, -0.15) is 0 Å². The van der Waals surface area contributed by atoms with Crippen molar-refractivity contribution in [1.82, 2.24) is 4.84 Å². The summed E-state index contributed by atoms with van der Waals surface area (Å²) >= 11 is 5.38. The minimum Gasteiger partial charge on any atom is -0.488 e. The quantitative estimate of drug-likeness (QED) is 0.375. The summed E-state index contributed by atoms with van der Waals surface area (Å²) in [5.74, 6) is 1.97. The number of halogens is 1. The molecular formula is C6H8ClNO2. The second-order valence-corrected chi connectivity index (χ2v) is 2.50. The van der Waals surface area contributed by atoms with E-state index < -0.39 is 5.54 Å². The van der Waals surface area contributed by atoms with Gasteiger partial charge in [0, 0.05) is 0 Å². The Labute approximate surface area is 64.1 Å². The molecule has 1 aliphatic rings. The third-order valence-corrected chi connectivity index (χ3v) is 2.02. The second-order valence-electron chi connectivity index (χ2n) is 2.31. The first-order chi connectivity index (χ1) is 4.79. The van der Waals surface area contributed by atoms with Crippen LogP contribution in [0.3, 0.4) is 0 Å². The molecule has 1 fully saturated rings. The van der Waals surface area contributed by atoms with Gasteiger partial charge in [0.15, 0.2) is 5.94 Å². The van der Waals surface area contributed by atoms with Gasteiger partial charge in [0.1, 0.15) is 5.54 Å². The largest absolute Gasteiger partial charge is 0.488 e. The molecule has 0 aliphatic heterocycles. The van der Waals surface area contributed by atoms with Gasteiger partial charge in [-0.1, -0.05) is 0 Å². The van der Waals surface area contributed by atoms with Crippen LogP contribution in [0.1, 0.15) is 12.8 Å². The maximum Gasteiger partial charge on any atom is 0.200 e. The van der Waals surface area contributed by atoms with Crippen molar-refractivity contribution in [2.45, 2.75) is 18.4 Å². The van der Waals surface area contributed by atoms with Crippen LogP contribution < -0.4 is 4.84 Å². The molecule has 0 aromatic carbocycles. The summed E-state index contributed by atoms with van der Waals surface area (Å²) in [4.78, 5) is 12.7. The Morgan fingerprint density at radius 3 is 2.50 bits per heavy atom. The molecule has 0 bridgehead atoms. The van der Waals surface area contributed by atoms with E-state index in [0.717, 1.165) is 12.8 Å². The molecule has 56 valence electrons. The standard InChI is InChI=1S/C6H8ClNO2/c1-10-5(4-9)6(8-7)2-3-6/h8H,2-3H2,1H3. The maximum absolute atomic E-state index is 10.2. The first kappa shape index (κ1) is 7.61. The molecule has 0 aromatic heterocycles. The van der Waals surface area contributed by atoms with E-state index >= 15 is 0 Å². The van der Waals surface area contributed by atoms with Crippen molar-refractivity contribution in [2.24, 2.45) is 0 Å². The van der Waals surface area contributed by atoms with Crippen molar-refractivity contribution >= 4 is 17.7 Å². The Hall–Kier alpha value is -0.500. The number of hydrogen-bond donors (Lipinski definition) is 1. The summed E-state index contributed by atoms with van der Waals surface area (Å²) in [5, 5.41) is 0. The van der Waals surface area contributed by atoms with Crippen LogP contribution in [0.25, 0.3) is 0 Å². The zero-order chi connectivity index (χ0) is 7.61. The summed E-state index contributed by atoms with van der Waals surface area (Å²) in [6.45, 7) is 0. The lowest BCUT2D eigenvalue weighted by molar-refractivity contribution is 0.257. The average Bonchev–Trinajstić information content (AvgIpc) is 2.72. The van der Waals surface area contributed by atoms with Gasteiger partial charge in [-0.05, 0) is 24.6 Å². The zero-order valence-corrected chi connectivity index (χ0v) is 6.36. The van der Waals surface area contributed by atoms with Crippen LogP contribution in [-0.2, 0) is 9.53 Å². The van der Waals surface area contributed by atoms with Gasteiger partial charge < -0.3 is 4.74 Å². The molecule has 1 aliphatic carbocycles. The first-order valence-electron chi connectivity index (χ1n) is 2.96. The van der Waals surface area contributed by atoms with Crippen molar-refractivity contribution in [3.8, 4) is 0 Å². The Morgan fingerprint density at radius 2 is 2.40 bits per heavy atom. The fraction of sp³-hybridized carbons (Fsp3) is 0.667. The van der Waals surface area contributed by atoms with Crippen LogP contribution in [0.4, 0.5) is 0 Å². The van der Waals surface area contributed by atoms with Gasteiger partial charge in [-0.3, -0.25) is 0 Å². The molecule has 0 atom stereocenters. The minimum atomic E-state index is -0.405. The third-order valence-electron chi connectivity index (χ3n) is 1.66. The molecule has 0 amide bonds. The van der Waals surface area contributed by atoms with Gasteiger partial charge in [-0.25, -0.2) is 9.63 Å². The van der Waals surface area contributed by atoms with E-state index in [1.54, 1.807) is 5.94 Å². The lowest BCUT2D eigenvalue weighted by Gasteiger charge is -2.10. The van der Waals surface area contributed by atoms with Gasteiger partial charge in [0.25, 0.3) is 0 Å². The summed E-state index contributed by atoms with van der Waals surface area (Å²) < 4.78 is 4.76. The second kappa shape index (κ2) is 2.62. The highest BCUT2D eigenvalue weighted by Gasteiger charge is 2.48. The SMILES string of the molecule is COC(=C=O)C1(NCl)CC1. The minimum absolute atomic E-state index is 0.266. The first-order valence-corrected chi connectivity index (χ1v) is 3.34. The molecular weight excluding hydrogens is 154 g/mol. The van der Waals surface area contributed by atoms with Gasteiger partial charge >= 0.3 is 0 Å². The predicted molar refractivity (Wildman–Crippen MR) is 37.2 cm³/mol. The molecule has 0 unspecified atom stereocenters. The van der Waals surface area contributed by atoms with Gasteiger partial charge in [0.2, 0.25) is 5.76 Å². The molecule has 0 heterocycles. The van der Waals surface area contributed by atoms with Gasteiger partial charge in [0.05, 0.1) is 7.11 Å². The summed E-state index contributed by atoms with van der Waals surface area (Å²) in [7, 11) is 1.44. The van der Waals surface area contributed by atoms with Crippen LogP contribution in [0, 0.1) is 0 Å². The van der Waals surface area contributed by atoms with Crippen molar-refractivity contribution < 1.29 is 9.53 Å². The van der Waals surface area contributed by atoms with E-state index in [4.69, 9.17) is 16.5 Å². The fourth-order valence-electron chi connectivity index (χ4n) is 0.824. The highest BCUT2D eigenvalue weighted by atomic mass is 35.5. The van der Waals surface area contributed by atoms with E-state index in [1.807, 2.05) is 0 Å². The Bertz CT molecular complexity index is 182. The highest BCUT2D eigenvalue weighted by Crippen LogP contribution is 2.41. The van der Waals surface area contributed by atoms with Crippen LogP contribution >= 0.6 is 11.8 Å². The van der Waals surface area contributed by atoms with Crippen LogP contribution in [0.5, 0.6) is 0 Å². The molecule has 10 heavy (non-hydrogen) atoms. The summed E-state index contributed by atoms with van der Waals surface area (Å²) in [5.41, 5.74) is -0.405. The van der Waals surface area contributed by atoms with E-state index in [2.05, 4.69) is 4.84 Å². The van der Waals surface area contributed by atoms with E-state index in [9.17, 15) is 4.79 Å². The van der Waals surface area contributed by atoms with Crippen molar-refractivity contribution in [3.05, 3.63) is 5.76 Å². The average molecular weight is 162 g/mol. The Balaban J connectivity index is 2.71. The van der Waals surface area contributed by atoms with Crippen LogP contribution in [0.15, 0.2) is 5.76 Å². The summed E-state index contributed by atoms with van der Waals surface area (Å²) in [6.07, 6.45) is 1.68.